The molecule has 0 radical (unpaired) electrons. The summed E-state index contributed by atoms with van der Waals surface area (Å²) in [5.41, 5.74) is 2.17. The molecule has 0 saturated carbocycles. The van der Waals surface area contributed by atoms with Crippen LogP contribution in [0.4, 0.5) is 0 Å². The summed E-state index contributed by atoms with van der Waals surface area (Å²) >= 11 is 0. The Morgan fingerprint density at radius 2 is 2.25 bits per heavy atom. The number of carbonyl (C=O) groups excluding carboxylic acids is 1. The molecule has 0 bridgehead atoms. The quantitative estimate of drug-likeness (QED) is 0.703. The van der Waals surface area contributed by atoms with Crippen LogP contribution in [-0.4, -0.2) is 38.3 Å². The number of unbranched alkanes of at least 4 members (excludes halogenated alkanes) is 2. The lowest BCUT2D eigenvalue weighted by atomic mass is 10.1. The first-order valence-corrected chi connectivity index (χ1v) is 8.52. The van der Waals surface area contributed by atoms with E-state index < -0.39 is 0 Å². The number of morpholine rings is 1. The second-order valence-corrected chi connectivity index (χ2v) is 5.97. The molecule has 24 heavy (non-hydrogen) atoms. The van der Waals surface area contributed by atoms with E-state index in [-0.39, 0.29) is 24.4 Å². The van der Waals surface area contributed by atoms with Crippen molar-refractivity contribution in [3.63, 3.8) is 0 Å². The minimum atomic E-state index is -0.261. The highest BCUT2D eigenvalue weighted by Gasteiger charge is 2.21. The number of ether oxygens (including phenoxy) is 2. The Bertz CT molecular complexity index is 505. The van der Waals surface area contributed by atoms with Crippen molar-refractivity contribution >= 4 is 18.3 Å². The van der Waals surface area contributed by atoms with Gasteiger partial charge in [0.25, 0.3) is 0 Å². The number of rotatable bonds is 8. The average molecular weight is 357 g/mol. The van der Waals surface area contributed by atoms with Gasteiger partial charge in [0.15, 0.2) is 0 Å². The summed E-state index contributed by atoms with van der Waals surface area (Å²) in [5, 5.41) is 6.13. The van der Waals surface area contributed by atoms with Crippen LogP contribution in [0.1, 0.15) is 37.3 Å². The molecule has 1 atom stereocenters. The molecule has 0 spiro atoms. The van der Waals surface area contributed by atoms with Crippen LogP contribution in [0.15, 0.2) is 18.2 Å². The van der Waals surface area contributed by atoms with Crippen molar-refractivity contribution in [2.75, 3.05) is 26.4 Å². The fourth-order valence-electron chi connectivity index (χ4n) is 2.52. The van der Waals surface area contributed by atoms with Gasteiger partial charge in [0, 0.05) is 18.7 Å². The van der Waals surface area contributed by atoms with E-state index in [1.54, 1.807) is 0 Å². The van der Waals surface area contributed by atoms with Crippen molar-refractivity contribution in [3.8, 4) is 5.75 Å². The average Bonchev–Trinajstić information content (AvgIpc) is 2.58. The third-order valence-corrected chi connectivity index (χ3v) is 3.92. The van der Waals surface area contributed by atoms with E-state index in [1.165, 1.54) is 12.8 Å². The highest BCUT2D eigenvalue weighted by molar-refractivity contribution is 5.85. The Morgan fingerprint density at radius 1 is 1.42 bits per heavy atom. The summed E-state index contributed by atoms with van der Waals surface area (Å²) in [4.78, 5) is 12.2. The lowest BCUT2D eigenvalue weighted by Gasteiger charge is -2.23. The molecule has 2 N–H and O–H groups in total. The maximum absolute atomic E-state index is 12.2. The Hall–Kier alpha value is -1.30. The summed E-state index contributed by atoms with van der Waals surface area (Å²) in [6.45, 7) is 7.23. The van der Waals surface area contributed by atoms with Gasteiger partial charge in [0.1, 0.15) is 11.8 Å². The van der Waals surface area contributed by atoms with Gasteiger partial charge in [-0.2, -0.15) is 0 Å². The van der Waals surface area contributed by atoms with Crippen molar-refractivity contribution in [2.24, 2.45) is 0 Å². The van der Waals surface area contributed by atoms with Gasteiger partial charge in [-0.15, -0.1) is 12.4 Å². The summed E-state index contributed by atoms with van der Waals surface area (Å²) in [6, 6.07) is 5.84. The predicted molar refractivity (Wildman–Crippen MR) is 97.9 cm³/mol. The van der Waals surface area contributed by atoms with E-state index in [2.05, 4.69) is 17.6 Å². The van der Waals surface area contributed by atoms with Gasteiger partial charge in [-0.1, -0.05) is 31.9 Å². The fraction of sp³-hybridized carbons (Fsp3) is 0.611. The van der Waals surface area contributed by atoms with E-state index in [4.69, 9.17) is 9.47 Å². The van der Waals surface area contributed by atoms with Crippen LogP contribution in [0, 0.1) is 6.92 Å². The number of carbonyl (C=O) groups is 1. The van der Waals surface area contributed by atoms with E-state index >= 15 is 0 Å². The molecule has 1 heterocycles. The van der Waals surface area contributed by atoms with E-state index in [1.807, 2.05) is 25.1 Å². The minimum Gasteiger partial charge on any atom is -0.493 e. The first-order valence-electron chi connectivity index (χ1n) is 8.52. The standard InChI is InChI=1S/C18H28N2O3.ClH/c1-3-4-5-9-23-17-11-14(2)6-7-15(17)12-20-18(21)16-13-22-10-8-19-16;/h6-7,11,16,19H,3-5,8-10,12-13H2,1-2H3,(H,20,21);1H. The molecular weight excluding hydrogens is 328 g/mol. The molecule has 2 rings (SSSR count). The number of amides is 1. The van der Waals surface area contributed by atoms with Crippen molar-refractivity contribution in [1.82, 2.24) is 10.6 Å². The van der Waals surface area contributed by atoms with Gasteiger partial charge in [0.2, 0.25) is 5.91 Å². The molecule has 1 aromatic carbocycles. The monoisotopic (exact) mass is 356 g/mol. The number of benzene rings is 1. The van der Waals surface area contributed by atoms with Gasteiger partial charge < -0.3 is 20.1 Å². The zero-order valence-corrected chi connectivity index (χ0v) is 15.4. The highest BCUT2D eigenvalue weighted by atomic mass is 35.5. The first kappa shape index (κ1) is 20.7. The SMILES string of the molecule is CCCCCOc1cc(C)ccc1CNC(=O)C1COCCN1.Cl. The van der Waals surface area contributed by atoms with Crippen molar-refractivity contribution in [2.45, 2.75) is 45.7 Å². The molecule has 1 aliphatic rings. The van der Waals surface area contributed by atoms with Crippen molar-refractivity contribution < 1.29 is 14.3 Å². The molecule has 1 unspecified atom stereocenters. The van der Waals surface area contributed by atoms with E-state index in [9.17, 15) is 4.79 Å². The van der Waals surface area contributed by atoms with E-state index in [0.29, 0.717) is 26.3 Å². The molecule has 0 aromatic heterocycles. The van der Waals surface area contributed by atoms with Gasteiger partial charge in [-0.05, 0) is 25.0 Å². The predicted octanol–water partition coefficient (Wildman–Crippen LogP) is 2.59. The second kappa shape index (κ2) is 11.3. The molecular formula is C18H29ClN2O3. The summed E-state index contributed by atoms with van der Waals surface area (Å²) in [7, 11) is 0. The van der Waals surface area contributed by atoms with Gasteiger partial charge in [-0.25, -0.2) is 0 Å². The van der Waals surface area contributed by atoms with Crippen LogP contribution in [0.3, 0.4) is 0 Å². The van der Waals surface area contributed by atoms with Crippen molar-refractivity contribution in [1.29, 1.82) is 0 Å². The van der Waals surface area contributed by atoms with Gasteiger partial charge in [-0.3, -0.25) is 4.79 Å². The zero-order chi connectivity index (χ0) is 16.5. The fourth-order valence-corrected chi connectivity index (χ4v) is 2.52. The lowest BCUT2D eigenvalue weighted by Crippen LogP contribution is -2.51. The minimum absolute atomic E-state index is 0. The molecule has 1 aromatic rings. The normalized spacial score (nSPS) is 17.0. The summed E-state index contributed by atoms with van der Waals surface area (Å²) < 4.78 is 11.2. The lowest BCUT2D eigenvalue weighted by molar-refractivity contribution is -0.126. The topological polar surface area (TPSA) is 59.6 Å². The number of nitrogens with one attached hydrogen (secondary N) is 2. The Labute approximate surface area is 150 Å². The number of hydrogen-bond donors (Lipinski definition) is 2. The Morgan fingerprint density at radius 3 is 2.96 bits per heavy atom. The molecule has 136 valence electrons. The van der Waals surface area contributed by atoms with Crippen LogP contribution in [0.5, 0.6) is 5.75 Å². The molecule has 1 fully saturated rings. The number of halogens is 1. The molecule has 5 nitrogen and oxygen atoms in total. The smallest absolute Gasteiger partial charge is 0.239 e. The Balaban J connectivity index is 0.00000288. The van der Waals surface area contributed by atoms with Crippen LogP contribution in [0.25, 0.3) is 0 Å². The van der Waals surface area contributed by atoms with Gasteiger partial charge in [0.05, 0.1) is 19.8 Å². The van der Waals surface area contributed by atoms with Crippen LogP contribution < -0.4 is 15.4 Å². The zero-order valence-electron chi connectivity index (χ0n) is 14.6. The third kappa shape index (κ3) is 6.67. The van der Waals surface area contributed by atoms with Crippen LogP contribution >= 0.6 is 12.4 Å². The van der Waals surface area contributed by atoms with E-state index in [0.717, 1.165) is 29.9 Å². The van der Waals surface area contributed by atoms with Crippen molar-refractivity contribution in [3.05, 3.63) is 29.3 Å². The largest absolute Gasteiger partial charge is 0.493 e. The highest BCUT2D eigenvalue weighted by Crippen LogP contribution is 2.21. The third-order valence-electron chi connectivity index (χ3n) is 3.92. The number of aryl methyl sites for hydroxylation is 1. The number of hydrogen-bond acceptors (Lipinski definition) is 4. The maximum Gasteiger partial charge on any atom is 0.239 e. The summed E-state index contributed by atoms with van der Waals surface area (Å²) in [5.74, 6) is 0.844. The molecule has 1 aliphatic heterocycles. The Kier molecular flexibility index (Phi) is 9.76. The first-order chi connectivity index (χ1) is 11.2. The second-order valence-electron chi connectivity index (χ2n) is 5.97. The summed E-state index contributed by atoms with van der Waals surface area (Å²) in [6.07, 6.45) is 3.40. The van der Waals surface area contributed by atoms with Crippen LogP contribution in [0.2, 0.25) is 0 Å². The molecule has 1 amide bonds. The van der Waals surface area contributed by atoms with Gasteiger partial charge >= 0.3 is 0 Å². The molecule has 1 saturated heterocycles. The molecule has 0 aliphatic carbocycles. The molecule has 6 heteroatoms. The van der Waals surface area contributed by atoms with Crippen LogP contribution in [-0.2, 0) is 16.1 Å². The maximum atomic E-state index is 12.2.